The Labute approximate surface area is 120 Å². The normalized spacial score (nSPS) is 22.4. The van der Waals surface area contributed by atoms with Gasteiger partial charge >= 0.3 is 0 Å². The molecule has 3 rings (SSSR count). The van der Waals surface area contributed by atoms with Crippen LogP contribution in [0.5, 0.6) is 5.75 Å². The van der Waals surface area contributed by atoms with E-state index in [2.05, 4.69) is 59.9 Å². The average molecular weight is 267 g/mol. The maximum absolute atomic E-state index is 5.25. The standard InChI is InChI=1S/C18H21NO/c1-20-16-9-7-15(8-10-16)18-13-19-12-11-17(18)14-5-3-2-4-6-14/h2-10,17-19H,11-13H2,1H3/t17-,18-/m0/s1. The van der Waals surface area contributed by atoms with Gasteiger partial charge in [0, 0.05) is 12.5 Å². The summed E-state index contributed by atoms with van der Waals surface area (Å²) < 4.78 is 5.25. The van der Waals surface area contributed by atoms with Gasteiger partial charge in [-0.15, -0.1) is 0 Å². The number of benzene rings is 2. The summed E-state index contributed by atoms with van der Waals surface area (Å²) in [6.07, 6.45) is 1.20. The molecule has 104 valence electrons. The maximum atomic E-state index is 5.25. The van der Waals surface area contributed by atoms with Gasteiger partial charge in [0.05, 0.1) is 7.11 Å². The van der Waals surface area contributed by atoms with E-state index in [1.807, 2.05) is 0 Å². The van der Waals surface area contributed by atoms with E-state index in [0.717, 1.165) is 18.8 Å². The first-order valence-corrected chi connectivity index (χ1v) is 7.28. The van der Waals surface area contributed by atoms with Crippen molar-refractivity contribution >= 4 is 0 Å². The molecule has 0 aliphatic carbocycles. The lowest BCUT2D eigenvalue weighted by Gasteiger charge is -2.33. The SMILES string of the molecule is COc1ccc([C@@H]2CNCC[C@H]2c2ccccc2)cc1. The minimum Gasteiger partial charge on any atom is -0.497 e. The minimum atomic E-state index is 0.539. The van der Waals surface area contributed by atoms with Crippen LogP contribution in [-0.4, -0.2) is 20.2 Å². The summed E-state index contributed by atoms with van der Waals surface area (Å²) >= 11 is 0. The molecule has 0 radical (unpaired) electrons. The summed E-state index contributed by atoms with van der Waals surface area (Å²) in [5.74, 6) is 2.07. The van der Waals surface area contributed by atoms with Crippen LogP contribution in [0.1, 0.15) is 29.4 Å². The molecule has 0 unspecified atom stereocenters. The van der Waals surface area contributed by atoms with Crippen molar-refractivity contribution in [2.45, 2.75) is 18.3 Å². The largest absolute Gasteiger partial charge is 0.497 e. The zero-order valence-electron chi connectivity index (χ0n) is 11.9. The van der Waals surface area contributed by atoms with E-state index in [0.29, 0.717) is 11.8 Å². The van der Waals surface area contributed by atoms with Crippen LogP contribution < -0.4 is 10.1 Å². The van der Waals surface area contributed by atoms with Gasteiger partial charge in [-0.25, -0.2) is 0 Å². The Morgan fingerprint density at radius 1 is 0.900 bits per heavy atom. The predicted molar refractivity (Wildman–Crippen MR) is 82.4 cm³/mol. The number of methoxy groups -OCH3 is 1. The summed E-state index contributed by atoms with van der Waals surface area (Å²) in [6, 6.07) is 19.4. The van der Waals surface area contributed by atoms with Crippen molar-refractivity contribution in [3.05, 3.63) is 65.7 Å². The second-order valence-corrected chi connectivity index (χ2v) is 5.39. The Balaban J connectivity index is 1.88. The molecule has 2 nitrogen and oxygen atoms in total. The number of ether oxygens (including phenoxy) is 1. The Morgan fingerprint density at radius 2 is 1.60 bits per heavy atom. The first kappa shape index (κ1) is 13.2. The molecule has 1 fully saturated rings. The van der Waals surface area contributed by atoms with Crippen molar-refractivity contribution in [1.29, 1.82) is 0 Å². The molecule has 2 heteroatoms. The molecular weight excluding hydrogens is 246 g/mol. The van der Waals surface area contributed by atoms with Crippen LogP contribution >= 0.6 is 0 Å². The first-order valence-electron chi connectivity index (χ1n) is 7.28. The molecule has 1 aliphatic heterocycles. The molecule has 2 aromatic carbocycles. The van der Waals surface area contributed by atoms with E-state index < -0.39 is 0 Å². The van der Waals surface area contributed by atoms with Crippen LogP contribution in [0.3, 0.4) is 0 Å². The third-order valence-corrected chi connectivity index (χ3v) is 4.25. The van der Waals surface area contributed by atoms with Crippen molar-refractivity contribution in [2.75, 3.05) is 20.2 Å². The summed E-state index contributed by atoms with van der Waals surface area (Å²) in [4.78, 5) is 0. The van der Waals surface area contributed by atoms with Crippen molar-refractivity contribution < 1.29 is 4.74 Å². The molecule has 2 atom stereocenters. The van der Waals surface area contributed by atoms with Crippen LogP contribution in [-0.2, 0) is 0 Å². The van der Waals surface area contributed by atoms with Gasteiger partial charge in [0.15, 0.2) is 0 Å². The second kappa shape index (κ2) is 6.10. The Morgan fingerprint density at radius 3 is 2.30 bits per heavy atom. The summed E-state index contributed by atoms with van der Waals surface area (Å²) in [6.45, 7) is 2.15. The maximum Gasteiger partial charge on any atom is 0.118 e. The fourth-order valence-electron chi connectivity index (χ4n) is 3.16. The van der Waals surface area contributed by atoms with Crippen molar-refractivity contribution in [3.8, 4) is 5.75 Å². The van der Waals surface area contributed by atoms with Gasteiger partial charge in [-0.05, 0) is 42.1 Å². The fraction of sp³-hybridized carbons (Fsp3) is 0.333. The predicted octanol–water partition coefficient (Wildman–Crippen LogP) is 3.56. The summed E-state index contributed by atoms with van der Waals surface area (Å²) in [5, 5.41) is 3.53. The van der Waals surface area contributed by atoms with E-state index in [1.54, 1.807) is 7.11 Å². The highest BCUT2D eigenvalue weighted by Crippen LogP contribution is 2.37. The fourth-order valence-corrected chi connectivity index (χ4v) is 3.16. The molecule has 0 spiro atoms. The van der Waals surface area contributed by atoms with Crippen LogP contribution in [0.25, 0.3) is 0 Å². The molecule has 1 N–H and O–H groups in total. The second-order valence-electron chi connectivity index (χ2n) is 5.39. The monoisotopic (exact) mass is 267 g/mol. The molecule has 20 heavy (non-hydrogen) atoms. The van der Waals surface area contributed by atoms with Gasteiger partial charge in [-0.2, -0.15) is 0 Å². The lowest BCUT2D eigenvalue weighted by molar-refractivity contribution is 0.401. The van der Waals surface area contributed by atoms with E-state index in [9.17, 15) is 0 Å². The lowest BCUT2D eigenvalue weighted by atomic mass is 9.77. The van der Waals surface area contributed by atoms with Gasteiger partial charge < -0.3 is 10.1 Å². The molecule has 2 aromatic rings. The summed E-state index contributed by atoms with van der Waals surface area (Å²) in [7, 11) is 1.71. The lowest BCUT2D eigenvalue weighted by Crippen LogP contribution is -2.33. The number of rotatable bonds is 3. The highest BCUT2D eigenvalue weighted by atomic mass is 16.5. The molecule has 0 saturated carbocycles. The van der Waals surface area contributed by atoms with Gasteiger partial charge in [0.25, 0.3) is 0 Å². The number of hydrogen-bond donors (Lipinski definition) is 1. The van der Waals surface area contributed by atoms with Gasteiger partial charge in [0.1, 0.15) is 5.75 Å². The molecule has 0 aromatic heterocycles. The van der Waals surface area contributed by atoms with E-state index in [4.69, 9.17) is 4.74 Å². The van der Waals surface area contributed by atoms with E-state index in [1.165, 1.54) is 17.5 Å². The van der Waals surface area contributed by atoms with Gasteiger partial charge in [-0.3, -0.25) is 0 Å². The number of nitrogens with one attached hydrogen (secondary N) is 1. The van der Waals surface area contributed by atoms with Crippen LogP contribution in [0.15, 0.2) is 54.6 Å². The molecule has 0 amide bonds. The quantitative estimate of drug-likeness (QED) is 0.918. The summed E-state index contributed by atoms with van der Waals surface area (Å²) in [5.41, 5.74) is 2.85. The third-order valence-electron chi connectivity index (χ3n) is 4.25. The zero-order valence-corrected chi connectivity index (χ0v) is 11.9. The van der Waals surface area contributed by atoms with Crippen molar-refractivity contribution in [1.82, 2.24) is 5.32 Å². The Hall–Kier alpha value is -1.80. The number of piperidine rings is 1. The van der Waals surface area contributed by atoms with Crippen LogP contribution in [0, 0.1) is 0 Å². The van der Waals surface area contributed by atoms with Crippen LogP contribution in [0.4, 0.5) is 0 Å². The molecule has 1 aliphatic rings. The topological polar surface area (TPSA) is 21.3 Å². The zero-order chi connectivity index (χ0) is 13.8. The highest BCUT2D eigenvalue weighted by molar-refractivity contribution is 5.34. The van der Waals surface area contributed by atoms with Crippen LogP contribution in [0.2, 0.25) is 0 Å². The molecule has 0 bridgehead atoms. The molecule has 1 saturated heterocycles. The van der Waals surface area contributed by atoms with E-state index >= 15 is 0 Å². The van der Waals surface area contributed by atoms with Crippen molar-refractivity contribution in [3.63, 3.8) is 0 Å². The first-order chi connectivity index (χ1) is 9.88. The smallest absolute Gasteiger partial charge is 0.118 e. The molecule has 1 heterocycles. The average Bonchev–Trinajstić information content (AvgIpc) is 2.56. The van der Waals surface area contributed by atoms with E-state index in [-0.39, 0.29) is 0 Å². The molecular formula is C18H21NO. The van der Waals surface area contributed by atoms with Gasteiger partial charge in [-0.1, -0.05) is 42.5 Å². The van der Waals surface area contributed by atoms with Gasteiger partial charge in [0.2, 0.25) is 0 Å². The van der Waals surface area contributed by atoms with Crippen molar-refractivity contribution in [2.24, 2.45) is 0 Å². The Bertz CT molecular complexity index is 535. The number of hydrogen-bond acceptors (Lipinski definition) is 2. The third kappa shape index (κ3) is 2.70. The highest BCUT2D eigenvalue weighted by Gasteiger charge is 2.27. The Kier molecular flexibility index (Phi) is 4.03. The minimum absolute atomic E-state index is 0.539.